The highest BCUT2D eigenvalue weighted by Crippen LogP contribution is 2.03. The van der Waals surface area contributed by atoms with Gasteiger partial charge in [-0.2, -0.15) is 11.1 Å². The molecule has 0 N–H and O–H groups in total. The fourth-order valence-electron chi connectivity index (χ4n) is 0. The normalized spacial score (nSPS) is 10.0. The summed E-state index contributed by atoms with van der Waals surface area (Å²) in [7, 11) is -1.14. The van der Waals surface area contributed by atoms with Gasteiger partial charge in [-0.1, -0.05) is 19.6 Å². The highest BCUT2D eigenvalue weighted by atomic mass is 35.6. The maximum absolute atomic E-state index is 5.67. The third-order valence-corrected chi connectivity index (χ3v) is 0. The van der Waals surface area contributed by atoms with E-state index in [-0.39, 0.29) is 7.43 Å². The van der Waals surface area contributed by atoms with Crippen molar-refractivity contribution in [3.63, 3.8) is 0 Å². The number of halogens is 1. The van der Waals surface area contributed by atoms with Crippen molar-refractivity contribution in [2.45, 2.75) is 19.6 Å². The van der Waals surface area contributed by atoms with Gasteiger partial charge in [0.25, 0.3) is 0 Å². The van der Waals surface area contributed by atoms with E-state index in [0.29, 0.717) is 0 Å². The van der Waals surface area contributed by atoms with Gasteiger partial charge in [-0.25, -0.2) is 0 Å². The molecule has 0 nitrogen and oxygen atoms in total. The minimum atomic E-state index is -1.14. The molecule has 0 atom stereocenters. The van der Waals surface area contributed by atoms with Crippen LogP contribution in [-0.4, -0.2) is 7.38 Å². The molecule has 0 rings (SSSR count). The summed E-state index contributed by atoms with van der Waals surface area (Å²) >= 11 is 5.67. The molecule has 0 heterocycles. The lowest BCUT2D eigenvalue weighted by molar-refractivity contribution is 1.87. The van der Waals surface area contributed by atoms with E-state index in [1.54, 1.807) is 0 Å². The van der Waals surface area contributed by atoms with Crippen molar-refractivity contribution in [2.75, 3.05) is 0 Å². The Kier molecular flexibility index (Phi) is 4.28. The monoisotopic (exact) mass is 120 g/mol. The molecule has 0 saturated carbocycles. The van der Waals surface area contributed by atoms with Gasteiger partial charge in [-0.3, -0.25) is 0 Å². The molecule has 0 unspecified atom stereocenters. The molecule has 6 heavy (non-hydrogen) atoms. The Morgan fingerprint density at radius 1 is 1.17 bits per heavy atom. The number of hydrogen-bond acceptors (Lipinski definition) is 0. The summed E-state index contributed by atoms with van der Waals surface area (Å²) in [5, 5.41) is 0. The average Bonchev–Trinajstić information content (AvgIpc) is 0.722. The quantitative estimate of drug-likeness (QED) is 0.340. The Balaban J connectivity index is 0. The summed E-state index contributed by atoms with van der Waals surface area (Å²) < 4.78 is 0. The molecule has 4 radical (unpaired) electrons. The van der Waals surface area contributed by atoms with Crippen LogP contribution in [0.25, 0.3) is 0 Å². The van der Waals surface area contributed by atoms with E-state index in [4.69, 9.17) is 11.1 Å². The van der Waals surface area contributed by atoms with Gasteiger partial charge in [0.05, 0.1) is 0 Å². The molecule has 0 amide bonds. The second-order valence-electron chi connectivity index (χ2n) is 2.07. The summed E-state index contributed by atoms with van der Waals surface area (Å²) in [6.07, 6.45) is 0. The lowest BCUT2D eigenvalue weighted by Crippen LogP contribution is -2.06. The molecule has 0 bridgehead atoms. The van der Waals surface area contributed by atoms with Crippen LogP contribution < -0.4 is 0 Å². The first-order valence-corrected chi connectivity index (χ1v) is 6.20. The largest absolute Gasteiger partial charge is 0.168 e. The first-order chi connectivity index (χ1) is 2.00. The second-order valence-corrected chi connectivity index (χ2v) is 9.60. The van der Waals surface area contributed by atoms with Gasteiger partial charge >= 0.3 is 0 Å². The molecule has 0 fully saturated rings. The minimum absolute atomic E-state index is 0. The molecule has 36 valence electrons. The zero-order chi connectivity index (χ0) is 4.50. The predicted octanol–water partition coefficient (Wildman–Crippen LogP) is 2.14. The molecule has 0 aromatic rings. The van der Waals surface area contributed by atoms with Crippen molar-refractivity contribution in [3.8, 4) is 0 Å². The maximum Gasteiger partial charge on any atom is 0.147 e. The maximum atomic E-state index is 5.67. The van der Waals surface area contributed by atoms with Gasteiger partial charge in [-0.05, 0) is 0 Å². The lowest BCUT2D eigenvalue weighted by Gasteiger charge is -1.97. The number of rotatable bonds is 0. The Hall–Kier alpha value is 0.507. The molecular formula is C4H9ClSi. The Labute approximate surface area is 46.2 Å². The van der Waals surface area contributed by atoms with Crippen LogP contribution in [0.2, 0.25) is 19.6 Å². The minimum Gasteiger partial charge on any atom is -0.168 e. The van der Waals surface area contributed by atoms with E-state index in [9.17, 15) is 0 Å². The van der Waals surface area contributed by atoms with Crippen LogP contribution in [0.15, 0.2) is 0 Å². The zero-order valence-corrected chi connectivity index (χ0v) is 6.13. The average molecular weight is 121 g/mol. The second kappa shape index (κ2) is 2.64. The zero-order valence-electron chi connectivity index (χ0n) is 4.38. The van der Waals surface area contributed by atoms with Crippen LogP contribution in [-0.2, 0) is 0 Å². The van der Waals surface area contributed by atoms with Gasteiger partial charge in [-0.15, -0.1) is 0 Å². The van der Waals surface area contributed by atoms with Crippen LogP contribution in [0.3, 0.4) is 0 Å². The van der Waals surface area contributed by atoms with Crippen LogP contribution in [0, 0.1) is 7.43 Å². The highest BCUT2D eigenvalue weighted by Gasteiger charge is 2.04. The third-order valence-electron chi connectivity index (χ3n) is 0. The van der Waals surface area contributed by atoms with Gasteiger partial charge in [0.1, 0.15) is 7.38 Å². The van der Waals surface area contributed by atoms with Gasteiger partial charge in [0, 0.05) is 7.43 Å². The fourth-order valence-corrected chi connectivity index (χ4v) is 0. The molecule has 0 aromatic carbocycles. The number of hydrogen-bond donors (Lipinski definition) is 0. The summed E-state index contributed by atoms with van der Waals surface area (Å²) in [5.74, 6) is 0. The smallest absolute Gasteiger partial charge is 0.147 e. The molecule has 0 aromatic heterocycles. The Morgan fingerprint density at radius 3 is 1.17 bits per heavy atom. The lowest BCUT2D eigenvalue weighted by atomic mass is 11.8. The first-order valence-electron chi connectivity index (χ1n) is 1.69. The van der Waals surface area contributed by atoms with Gasteiger partial charge < -0.3 is 0 Å². The fraction of sp³-hybridized carbons (Fsp3) is 0.750. The van der Waals surface area contributed by atoms with E-state index in [0.717, 1.165) is 0 Å². The van der Waals surface area contributed by atoms with E-state index in [2.05, 4.69) is 19.6 Å². The highest BCUT2D eigenvalue weighted by molar-refractivity contribution is 7.18. The summed E-state index contributed by atoms with van der Waals surface area (Å²) in [6.45, 7) is 6.28. The SMILES string of the molecule is C[Si](C)(C)Cl.[C]. The van der Waals surface area contributed by atoms with E-state index in [1.165, 1.54) is 0 Å². The van der Waals surface area contributed by atoms with Crippen LogP contribution in [0.4, 0.5) is 0 Å². The van der Waals surface area contributed by atoms with E-state index >= 15 is 0 Å². The van der Waals surface area contributed by atoms with Crippen LogP contribution >= 0.6 is 11.1 Å². The molecular weight excluding hydrogens is 112 g/mol. The molecule has 0 aliphatic carbocycles. The summed E-state index contributed by atoms with van der Waals surface area (Å²) in [5.41, 5.74) is 0. The molecule has 0 aliphatic heterocycles. The van der Waals surface area contributed by atoms with Crippen LogP contribution in [0.5, 0.6) is 0 Å². The topological polar surface area (TPSA) is 0 Å². The van der Waals surface area contributed by atoms with Crippen LogP contribution in [0.1, 0.15) is 0 Å². The molecule has 0 spiro atoms. The van der Waals surface area contributed by atoms with E-state index in [1.807, 2.05) is 0 Å². The van der Waals surface area contributed by atoms with Crippen molar-refractivity contribution >= 4 is 18.5 Å². The predicted molar refractivity (Wildman–Crippen MR) is 32.4 cm³/mol. The van der Waals surface area contributed by atoms with Gasteiger partial charge in [0.2, 0.25) is 0 Å². The van der Waals surface area contributed by atoms with Crippen molar-refractivity contribution in [1.29, 1.82) is 0 Å². The molecule has 2 heteroatoms. The molecule has 0 saturated heterocycles. The molecule has 0 aliphatic rings. The Morgan fingerprint density at radius 2 is 1.17 bits per heavy atom. The first kappa shape index (κ1) is 9.71. The van der Waals surface area contributed by atoms with Gasteiger partial charge in [0.15, 0.2) is 0 Å². The summed E-state index contributed by atoms with van der Waals surface area (Å²) in [4.78, 5) is 0. The van der Waals surface area contributed by atoms with E-state index < -0.39 is 7.38 Å². The third kappa shape index (κ3) is 216. The van der Waals surface area contributed by atoms with Crippen molar-refractivity contribution < 1.29 is 0 Å². The standard InChI is InChI=1S/C3H9ClSi.C/c1-5(2,3)4;/h1-3H3;. The Bertz CT molecular complexity index is 23.0. The van der Waals surface area contributed by atoms with Crippen molar-refractivity contribution in [1.82, 2.24) is 0 Å². The van der Waals surface area contributed by atoms with Crippen molar-refractivity contribution in [3.05, 3.63) is 7.43 Å². The van der Waals surface area contributed by atoms with Crippen molar-refractivity contribution in [2.24, 2.45) is 0 Å². The summed E-state index contributed by atoms with van der Waals surface area (Å²) in [6, 6.07) is 0.